The summed E-state index contributed by atoms with van der Waals surface area (Å²) in [7, 11) is 0. The quantitative estimate of drug-likeness (QED) is 0.672. The van der Waals surface area contributed by atoms with E-state index in [0.29, 0.717) is 11.4 Å². The van der Waals surface area contributed by atoms with Gasteiger partial charge in [-0.15, -0.1) is 0 Å². The maximum Gasteiger partial charge on any atom is 0.335 e. The molecule has 6 nitrogen and oxygen atoms in total. The van der Waals surface area contributed by atoms with Gasteiger partial charge in [-0.1, -0.05) is 0 Å². The number of aromatic carboxylic acids is 1. The van der Waals surface area contributed by atoms with Gasteiger partial charge in [0.25, 0.3) is 5.91 Å². The minimum Gasteiger partial charge on any atom is -0.478 e. The summed E-state index contributed by atoms with van der Waals surface area (Å²) in [5.74, 6) is -1.41. The van der Waals surface area contributed by atoms with Crippen LogP contribution < -0.4 is 10.2 Å². The Morgan fingerprint density at radius 3 is 2.94 bits per heavy atom. The first-order chi connectivity index (χ1) is 7.63. The number of benzene rings is 1. The van der Waals surface area contributed by atoms with Crippen LogP contribution in [0.3, 0.4) is 0 Å². The molecule has 0 saturated carbocycles. The lowest BCUT2D eigenvalue weighted by atomic mass is 10.1. The van der Waals surface area contributed by atoms with Crippen LogP contribution in [-0.4, -0.2) is 23.5 Å². The monoisotopic (exact) mass is 217 g/mol. The summed E-state index contributed by atoms with van der Waals surface area (Å²) < 4.78 is 0. The molecule has 0 saturated heterocycles. The topological polar surface area (TPSA) is 93.4 Å². The summed E-state index contributed by atoms with van der Waals surface area (Å²) in [6.45, 7) is -0.0103. The molecule has 1 amide bonds. The molecule has 0 bridgehead atoms. The molecule has 0 aliphatic carbocycles. The van der Waals surface area contributed by atoms with Gasteiger partial charge in [-0.2, -0.15) is 5.26 Å². The van der Waals surface area contributed by atoms with Gasteiger partial charge in [-0.3, -0.25) is 4.79 Å². The molecule has 1 aromatic carbocycles. The van der Waals surface area contributed by atoms with Crippen LogP contribution in [0.1, 0.15) is 10.4 Å². The highest BCUT2D eigenvalue weighted by Crippen LogP contribution is 2.29. The van der Waals surface area contributed by atoms with Crippen LogP contribution in [0.4, 0.5) is 11.4 Å². The normalized spacial score (nSPS) is 13.7. The van der Waals surface area contributed by atoms with Gasteiger partial charge in [0, 0.05) is 0 Å². The van der Waals surface area contributed by atoms with Crippen molar-refractivity contribution in [3.8, 4) is 6.19 Å². The fourth-order valence-electron chi connectivity index (χ4n) is 1.50. The Balaban J connectivity index is 2.51. The molecule has 0 radical (unpaired) electrons. The van der Waals surface area contributed by atoms with Gasteiger partial charge in [-0.05, 0) is 18.2 Å². The van der Waals surface area contributed by atoms with Crippen molar-refractivity contribution in [1.82, 2.24) is 0 Å². The molecule has 0 spiro atoms. The number of carboxylic acids is 1. The minimum atomic E-state index is -1.05. The summed E-state index contributed by atoms with van der Waals surface area (Å²) in [6, 6.07) is 4.19. The number of amides is 1. The number of nitriles is 1. The molecule has 1 aromatic rings. The standard InChI is InChI=1S/C10H7N3O3/c11-5-13-8-2-1-6(10(15)16)3-7(8)12-4-9(13)14/h1-3,12H,4H2,(H,15,16). The van der Waals surface area contributed by atoms with E-state index in [2.05, 4.69) is 5.32 Å². The number of hydrogen-bond acceptors (Lipinski definition) is 4. The highest BCUT2D eigenvalue weighted by molar-refractivity contribution is 6.05. The summed E-state index contributed by atoms with van der Waals surface area (Å²) in [4.78, 5) is 23.0. The molecule has 6 heteroatoms. The average molecular weight is 217 g/mol. The van der Waals surface area contributed by atoms with E-state index in [1.165, 1.54) is 18.2 Å². The maximum atomic E-state index is 11.3. The Morgan fingerprint density at radius 1 is 1.56 bits per heavy atom. The lowest BCUT2D eigenvalue weighted by Crippen LogP contribution is -2.36. The highest BCUT2D eigenvalue weighted by atomic mass is 16.4. The van der Waals surface area contributed by atoms with Crippen molar-refractivity contribution in [2.45, 2.75) is 0 Å². The number of carbonyl (C=O) groups excluding carboxylic acids is 1. The predicted molar refractivity (Wildman–Crippen MR) is 55.0 cm³/mol. The molecule has 0 unspecified atom stereocenters. The Hall–Kier alpha value is -2.55. The van der Waals surface area contributed by atoms with Crippen LogP contribution in [-0.2, 0) is 4.79 Å². The third-order valence-corrected chi connectivity index (χ3v) is 2.26. The van der Waals surface area contributed by atoms with Gasteiger partial charge in [0.15, 0.2) is 6.19 Å². The SMILES string of the molecule is N#CN1C(=O)CNc2cc(C(=O)O)ccc21. The molecule has 2 N–H and O–H groups in total. The van der Waals surface area contributed by atoms with Crippen LogP contribution in [0.25, 0.3) is 0 Å². The first-order valence-corrected chi connectivity index (χ1v) is 4.47. The van der Waals surface area contributed by atoms with E-state index >= 15 is 0 Å². The molecule has 2 rings (SSSR count). The third-order valence-electron chi connectivity index (χ3n) is 2.26. The van der Waals surface area contributed by atoms with Crippen molar-refractivity contribution in [2.24, 2.45) is 0 Å². The van der Waals surface area contributed by atoms with Gasteiger partial charge in [0.2, 0.25) is 0 Å². The van der Waals surface area contributed by atoms with Crippen molar-refractivity contribution in [2.75, 3.05) is 16.8 Å². The van der Waals surface area contributed by atoms with E-state index in [1.807, 2.05) is 0 Å². The zero-order chi connectivity index (χ0) is 11.7. The summed E-state index contributed by atoms with van der Waals surface area (Å²) in [5.41, 5.74) is 0.961. The van der Waals surface area contributed by atoms with Crippen LogP contribution in [0.15, 0.2) is 18.2 Å². The van der Waals surface area contributed by atoms with Crippen LogP contribution in [0.5, 0.6) is 0 Å². The smallest absolute Gasteiger partial charge is 0.335 e. The van der Waals surface area contributed by atoms with Gasteiger partial charge >= 0.3 is 5.97 Å². The van der Waals surface area contributed by atoms with E-state index in [9.17, 15) is 9.59 Å². The second-order valence-electron chi connectivity index (χ2n) is 3.22. The van der Waals surface area contributed by atoms with E-state index in [0.717, 1.165) is 4.90 Å². The molecule has 1 aliphatic rings. The van der Waals surface area contributed by atoms with E-state index in [4.69, 9.17) is 10.4 Å². The molecular formula is C10H7N3O3. The fraction of sp³-hybridized carbons (Fsp3) is 0.100. The largest absolute Gasteiger partial charge is 0.478 e. The van der Waals surface area contributed by atoms with Crippen LogP contribution >= 0.6 is 0 Å². The second kappa shape index (κ2) is 3.55. The molecular weight excluding hydrogens is 210 g/mol. The molecule has 16 heavy (non-hydrogen) atoms. The van der Waals surface area contributed by atoms with E-state index in [1.54, 1.807) is 6.19 Å². The van der Waals surface area contributed by atoms with Gasteiger partial charge in [-0.25, -0.2) is 9.69 Å². The van der Waals surface area contributed by atoms with Crippen molar-refractivity contribution < 1.29 is 14.7 Å². The van der Waals surface area contributed by atoms with E-state index in [-0.39, 0.29) is 18.0 Å². The van der Waals surface area contributed by atoms with Crippen LogP contribution in [0.2, 0.25) is 0 Å². The number of carbonyl (C=O) groups is 2. The first-order valence-electron chi connectivity index (χ1n) is 4.47. The lowest BCUT2D eigenvalue weighted by Gasteiger charge is -2.24. The van der Waals surface area contributed by atoms with Crippen molar-refractivity contribution in [3.05, 3.63) is 23.8 Å². The number of rotatable bonds is 1. The zero-order valence-corrected chi connectivity index (χ0v) is 8.10. The van der Waals surface area contributed by atoms with Crippen molar-refractivity contribution in [1.29, 1.82) is 5.26 Å². The third kappa shape index (κ3) is 1.44. The Bertz CT molecular complexity index is 519. The highest BCUT2D eigenvalue weighted by Gasteiger charge is 2.24. The minimum absolute atomic E-state index is 0.0103. The van der Waals surface area contributed by atoms with Gasteiger partial charge in [0.1, 0.15) is 0 Å². The molecule has 0 fully saturated rings. The van der Waals surface area contributed by atoms with Gasteiger partial charge in [0.05, 0.1) is 23.5 Å². The molecule has 1 heterocycles. The van der Waals surface area contributed by atoms with Crippen LogP contribution in [0, 0.1) is 11.5 Å². The van der Waals surface area contributed by atoms with Gasteiger partial charge < -0.3 is 10.4 Å². The summed E-state index contributed by atoms with van der Waals surface area (Å²) in [5, 5.41) is 20.4. The average Bonchev–Trinajstić information content (AvgIpc) is 2.28. The number of nitrogens with zero attached hydrogens (tertiary/aromatic N) is 2. The Labute approximate surface area is 90.7 Å². The molecule has 0 atom stereocenters. The maximum absolute atomic E-state index is 11.3. The van der Waals surface area contributed by atoms with Crippen molar-refractivity contribution >= 4 is 23.3 Å². The fourth-order valence-corrected chi connectivity index (χ4v) is 1.50. The molecule has 80 valence electrons. The second-order valence-corrected chi connectivity index (χ2v) is 3.22. The number of nitrogens with one attached hydrogen (secondary N) is 1. The molecule has 0 aromatic heterocycles. The number of anilines is 2. The summed E-state index contributed by atoms with van der Waals surface area (Å²) in [6.07, 6.45) is 1.75. The summed E-state index contributed by atoms with van der Waals surface area (Å²) >= 11 is 0. The first kappa shape index (κ1) is 9.98. The zero-order valence-electron chi connectivity index (χ0n) is 8.10. The number of hydrogen-bond donors (Lipinski definition) is 2. The lowest BCUT2D eigenvalue weighted by molar-refractivity contribution is -0.116. The Kier molecular flexibility index (Phi) is 2.21. The Morgan fingerprint density at radius 2 is 2.31 bits per heavy atom. The number of fused-ring (bicyclic) bond motifs is 1. The predicted octanol–water partition coefficient (Wildman–Crippen LogP) is 0.624. The van der Waals surface area contributed by atoms with E-state index < -0.39 is 5.97 Å². The number of carboxylic acid groups (broad SMARTS) is 1. The van der Waals surface area contributed by atoms with Crippen molar-refractivity contribution in [3.63, 3.8) is 0 Å². The molecule has 1 aliphatic heterocycles.